The molecule has 0 radical (unpaired) electrons. The van der Waals surface area contributed by atoms with Crippen LogP contribution in [0, 0.1) is 5.92 Å². The molecule has 2 aromatic rings. The summed E-state index contributed by atoms with van der Waals surface area (Å²) >= 11 is 11.9. The van der Waals surface area contributed by atoms with Crippen molar-refractivity contribution < 1.29 is 24.2 Å². The Morgan fingerprint density at radius 2 is 1.70 bits per heavy atom. The van der Waals surface area contributed by atoms with Gasteiger partial charge in [0, 0.05) is 15.6 Å². The molecule has 1 aromatic heterocycles. The molecule has 0 bridgehead atoms. The van der Waals surface area contributed by atoms with Crippen LogP contribution in [0.15, 0.2) is 28.9 Å². The van der Waals surface area contributed by atoms with Gasteiger partial charge in [0.05, 0.1) is 6.42 Å². The number of benzene rings is 1. The van der Waals surface area contributed by atoms with Crippen molar-refractivity contribution in [3.8, 4) is 11.3 Å². The van der Waals surface area contributed by atoms with Gasteiger partial charge in [0.15, 0.2) is 5.89 Å². The lowest BCUT2D eigenvalue weighted by atomic mass is 10.0. The lowest BCUT2D eigenvalue weighted by Crippen LogP contribution is -2.48. The molecule has 0 fully saturated rings. The molecule has 0 aliphatic carbocycles. The number of rotatable bonds is 9. The summed E-state index contributed by atoms with van der Waals surface area (Å²) < 4.78 is 5.35. The second-order valence-electron chi connectivity index (χ2n) is 6.57. The zero-order valence-corrected chi connectivity index (χ0v) is 16.3. The molecule has 27 heavy (non-hydrogen) atoms. The van der Waals surface area contributed by atoms with Crippen LogP contribution in [0.4, 0.5) is 0 Å². The molecular formula is C18H20Cl2N2O5. The van der Waals surface area contributed by atoms with Crippen molar-refractivity contribution in [3.63, 3.8) is 0 Å². The Hall–Kier alpha value is -2.09. The summed E-state index contributed by atoms with van der Waals surface area (Å²) in [5, 5.41) is 22.3. The first-order valence-electron chi connectivity index (χ1n) is 8.28. The number of hydrogen-bond acceptors (Lipinski definition) is 5. The summed E-state index contributed by atoms with van der Waals surface area (Å²) in [4.78, 5) is 27.2. The summed E-state index contributed by atoms with van der Waals surface area (Å²) in [7, 11) is 0. The first kappa shape index (κ1) is 21.2. The second kappa shape index (κ2) is 9.21. The summed E-state index contributed by atoms with van der Waals surface area (Å²) in [5.41, 5.74) is 1.08. The summed E-state index contributed by atoms with van der Waals surface area (Å²) in [6.45, 7) is 3.73. The van der Waals surface area contributed by atoms with E-state index >= 15 is 0 Å². The minimum atomic E-state index is -1.18. The zero-order valence-electron chi connectivity index (χ0n) is 14.8. The minimum absolute atomic E-state index is 0.0916. The monoisotopic (exact) mass is 414 g/mol. The van der Waals surface area contributed by atoms with Gasteiger partial charge in [0.25, 0.3) is 0 Å². The van der Waals surface area contributed by atoms with E-state index in [0.29, 0.717) is 27.7 Å². The fourth-order valence-corrected chi connectivity index (χ4v) is 3.11. The molecule has 0 aliphatic heterocycles. The van der Waals surface area contributed by atoms with Crippen LogP contribution in [-0.4, -0.2) is 39.2 Å². The molecular weight excluding hydrogens is 395 g/mol. The predicted molar refractivity (Wildman–Crippen MR) is 101 cm³/mol. The van der Waals surface area contributed by atoms with E-state index in [1.165, 1.54) is 6.26 Å². The van der Waals surface area contributed by atoms with Gasteiger partial charge in [-0.2, -0.15) is 0 Å². The lowest BCUT2D eigenvalue weighted by molar-refractivity contribution is -0.143. The van der Waals surface area contributed by atoms with Crippen LogP contribution in [0.3, 0.4) is 0 Å². The van der Waals surface area contributed by atoms with Crippen molar-refractivity contribution in [2.45, 2.75) is 38.8 Å². The van der Waals surface area contributed by atoms with Gasteiger partial charge in [-0.05, 0) is 30.5 Å². The van der Waals surface area contributed by atoms with Gasteiger partial charge in [-0.3, -0.25) is 14.9 Å². The van der Waals surface area contributed by atoms with Crippen molar-refractivity contribution >= 4 is 35.1 Å². The number of nitrogens with zero attached hydrogens (tertiary/aromatic N) is 1. The van der Waals surface area contributed by atoms with Crippen molar-refractivity contribution in [1.82, 2.24) is 10.3 Å². The number of nitrogens with one attached hydrogen (secondary N) is 1. The van der Waals surface area contributed by atoms with E-state index in [0.717, 1.165) is 0 Å². The maximum Gasteiger partial charge on any atom is 0.321 e. The highest BCUT2D eigenvalue weighted by molar-refractivity contribution is 6.35. The highest BCUT2D eigenvalue weighted by Crippen LogP contribution is 2.27. The molecule has 7 nitrogen and oxygen atoms in total. The maximum absolute atomic E-state index is 11.6. The van der Waals surface area contributed by atoms with Crippen LogP contribution in [-0.2, 0) is 16.0 Å². The molecule has 2 rings (SSSR count). The number of oxazole rings is 1. The van der Waals surface area contributed by atoms with E-state index in [1.54, 1.807) is 18.2 Å². The second-order valence-corrected chi connectivity index (χ2v) is 7.44. The summed E-state index contributed by atoms with van der Waals surface area (Å²) in [6, 6.07) is 2.76. The average Bonchev–Trinajstić information content (AvgIpc) is 3.00. The first-order chi connectivity index (χ1) is 12.7. The van der Waals surface area contributed by atoms with Crippen molar-refractivity contribution in [2.24, 2.45) is 5.92 Å². The highest BCUT2D eigenvalue weighted by atomic mass is 35.5. The number of carboxylic acid groups (broad SMARTS) is 2. The number of aromatic nitrogens is 1. The largest absolute Gasteiger partial charge is 0.480 e. The van der Waals surface area contributed by atoms with Gasteiger partial charge in [-0.1, -0.05) is 37.0 Å². The maximum atomic E-state index is 11.6. The van der Waals surface area contributed by atoms with Crippen LogP contribution < -0.4 is 5.32 Å². The van der Waals surface area contributed by atoms with E-state index in [9.17, 15) is 19.8 Å². The van der Waals surface area contributed by atoms with Crippen LogP contribution >= 0.6 is 23.2 Å². The fourth-order valence-electron chi connectivity index (χ4n) is 2.59. The SMILES string of the molecule is CC(C)C[C@H](N[C@@H](Cc1nc(-c2cc(Cl)cc(Cl)c2)co1)C(=O)O)C(=O)O. The Morgan fingerprint density at radius 3 is 2.22 bits per heavy atom. The van der Waals surface area contributed by atoms with Crippen LogP contribution in [0.5, 0.6) is 0 Å². The standard InChI is InChI=1S/C18H20Cl2N2O5/c1-9(2)3-13(17(23)24)21-14(18(25)26)7-16-22-15(8-27-16)10-4-11(19)6-12(20)5-10/h4-6,8-9,13-14,21H,3,7H2,1-2H3,(H,23,24)(H,25,26)/t13-,14-/m0/s1. The van der Waals surface area contributed by atoms with Gasteiger partial charge in [0.1, 0.15) is 24.0 Å². The zero-order chi connectivity index (χ0) is 20.1. The van der Waals surface area contributed by atoms with E-state index < -0.39 is 24.0 Å². The Morgan fingerprint density at radius 1 is 1.11 bits per heavy atom. The first-order valence-corrected chi connectivity index (χ1v) is 9.03. The van der Waals surface area contributed by atoms with E-state index in [4.69, 9.17) is 27.6 Å². The van der Waals surface area contributed by atoms with E-state index in [1.807, 2.05) is 13.8 Å². The minimum Gasteiger partial charge on any atom is -0.480 e. The van der Waals surface area contributed by atoms with Gasteiger partial charge >= 0.3 is 11.9 Å². The quantitative estimate of drug-likeness (QED) is 0.572. The summed E-state index contributed by atoms with van der Waals surface area (Å²) in [6.07, 6.45) is 1.57. The van der Waals surface area contributed by atoms with Gasteiger partial charge in [-0.15, -0.1) is 0 Å². The number of hydrogen-bond donors (Lipinski definition) is 3. The molecule has 1 heterocycles. The third kappa shape index (κ3) is 6.23. The molecule has 0 amide bonds. The van der Waals surface area contributed by atoms with Crippen molar-refractivity contribution in [2.75, 3.05) is 0 Å². The molecule has 2 atom stereocenters. The lowest BCUT2D eigenvalue weighted by Gasteiger charge is -2.20. The van der Waals surface area contributed by atoms with Crippen molar-refractivity contribution in [1.29, 1.82) is 0 Å². The smallest absolute Gasteiger partial charge is 0.321 e. The Labute approximate surface area is 166 Å². The van der Waals surface area contributed by atoms with Crippen LogP contribution in [0.25, 0.3) is 11.3 Å². The molecule has 146 valence electrons. The Bertz CT molecular complexity index is 802. The van der Waals surface area contributed by atoms with E-state index in [-0.39, 0.29) is 18.2 Å². The number of carboxylic acids is 2. The van der Waals surface area contributed by atoms with Crippen LogP contribution in [0.1, 0.15) is 26.2 Å². The van der Waals surface area contributed by atoms with Crippen LogP contribution in [0.2, 0.25) is 10.0 Å². The number of aliphatic carboxylic acids is 2. The fraction of sp³-hybridized carbons (Fsp3) is 0.389. The van der Waals surface area contributed by atoms with Gasteiger partial charge in [-0.25, -0.2) is 4.98 Å². The Kier molecular flexibility index (Phi) is 7.24. The average molecular weight is 415 g/mol. The molecule has 0 saturated carbocycles. The Balaban J connectivity index is 2.16. The molecule has 0 unspecified atom stereocenters. The van der Waals surface area contributed by atoms with Crippen molar-refractivity contribution in [3.05, 3.63) is 40.4 Å². The molecule has 0 saturated heterocycles. The summed E-state index contributed by atoms with van der Waals surface area (Å²) in [5.74, 6) is -2.03. The highest BCUT2D eigenvalue weighted by Gasteiger charge is 2.28. The predicted octanol–water partition coefficient (Wildman–Crippen LogP) is 3.73. The molecule has 0 aliphatic rings. The molecule has 1 aromatic carbocycles. The van der Waals surface area contributed by atoms with Gasteiger partial charge < -0.3 is 14.6 Å². The third-order valence-corrected chi connectivity index (χ3v) is 4.23. The van der Waals surface area contributed by atoms with E-state index in [2.05, 4.69) is 10.3 Å². The third-order valence-electron chi connectivity index (χ3n) is 3.79. The normalized spacial score (nSPS) is 13.5. The number of carbonyl (C=O) groups is 2. The van der Waals surface area contributed by atoms with Gasteiger partial charge in [0.2, 0.25) is 0 Å². The molecule has 9 heteroatoms. The molecule has 3 N–H and O–H groups in total. The number of halogens is 2. The molecule has 0 spiro atoms. The topological polar surface area (TPSA) is 113 Å².